The highest BCUT2D eigenvalue weighted by atomic mass is 32.1. The number of carbonyl (C=O) groups excluding carboxylic acids is 2. The number of aryl methyl sites for hydroxylation is 1. The van der Waals surface area contributed by atoms with Crippen LogP contribution in [0.25, 0.3) is 10.9 Å². The number of rotatable bonds is 8. The van der Waals surface area contributed by atoms with Crippen molar-refractivity contribution in [2.45, 2.75) is 32.6 Å². The van der Waals surface area contributed by atoms with Crippen LogP contribution in [0, 0.1) is 0 Å². The van der Waals surface area contributed by atoms with Gasteiger partial charge in [-0.15, -0.1) is 11.3 Å². The van der Waals surface area contributed by atoms with E-state index in [1.165, 1.54) is 22.3 Å². The lowest BCUT2D eigenvalue weighted by Gasteiger charge is -2.02. The van der Waals surface area contributed by atoms with Gasteiger partial charge in [-0.2, -0.15) is 0 Å². The molecule has 0 fully saturated rings. The first kappa shape index (κ1) is 18.1. The predicted molar refractivity (Wildman–Crippen MR) is 102 cm³/mol. The molecule has 0 aliphatic rings. The van der Waals surface area contributed by atoms with Gasteiger partial charge in [0.1, 0.15) is 0 Å². The van der Waals surface area contributed by atoms with E-state index in [-0.39, 0.29) is 18.3 Å². The number of thiazole rings is 1. The van der Waals surface area contributed by atoms with Crippen LogP contribution in [0.1, 0.15) is 31.0 Å². The molecule has 3 rings (SSSR count). The van der Waals surface area contributed by atoms with E-state index in [0.717, 1.165) is 18.4 Å². The zero-order valence-corrected chi connectivity index (χ0v) is 15.4. The van der Waals surface area contributed by atoms with Crippen LogP contribution >= 0.6 is 11.3 Å². The number of hydrogen-bond acceptors (Lipinski definition) is 5. The van der Waals surface area contributed by atoms with E-state index < -0.39 is 0 Å². The average molecular weight is 371 g/mol. The van der Waals surface area contributed by atoms with Crippen molar-refractivity contribution in [3.63, 3.8) is 0 Å². The van der Waals surface area contributed by atoms with Gasteiger partial charge in [0.05, 0.1) is 18.7 Å². The predicted octanol–water partition coefficient (Wildman–Crippen LogP) is 3.69. The van der Waals surface area contributed by atoms with E-state index in [1.54, 1.807) is 12.3 Å². The van der Waals surface area contributed by atoms with Crippen molar-refractivity contribution >= 4 is 39.2 Å². The number of carbonyl (C=O) groups is 2. The number of hydrogen-bond donors (Lipinski definition) is 2. The molecular weight excluding hydrogens is 350 g/mol. The minimum Gasteiger partial charge on any atom is -0.466 e. The molecule has 7 heteroatoms. The Bertz CT molecular complexity index is 900. The van der Waals surface area contributed by atoms with Crippen molar-refractivity contribution in [3.05, 3.63) is 47.1 Å². The zero-order valence-electron chi connectivity index (χ0n) is 14.6. The Balaban J connectivity index is 1.46. The standard InChI is InChI=1S/C19H21N3O3S/c1-2-25-18(24)10-14-12-26-19(21-14)22-17(23)9-5-6-13-11-20-16-8-4-3-7-15(13)16/h3-4,7-8,11-12,20H,2,5-6,9-10H2,1H3,(H,21,22,23). The second-order valence-corrected chi connectivity index (χ2v) is 6.75. The minimum absolute atomic E-state index is 0.0677. The smallest absolute Gasteiger partial charge is 0.311 e. The third kappa shape index (κ3) is 4.70. The topological polar surface area (TPSA) is 84.1 Å². The van der Waals surface area contributed by atoms with Crippen molar-refractivity contribution in [2.75, 3.05) is 11.9 Å². The highest BCUT2D eigenvalue weighted by Crippen LogP contribution is 2.20. The lowest BCUT2D eigenvalue weighted by molar-refractivity contribution is -0.142. The summed E-state index contributed by atoms with van der Waals surface area (Å²) in [5.74, 6) is -0.378. The van der Waals surface area contributed by atoms with Gasteiger partial charge in [-0.25, -0.2) is 4.98 Å². The number of benzene rings is 1. The molecule has 6 nitrogen and oxygen atoms in total. The van der Waals surface area contributed by atoms with Crippen LogP contribution in [0.4, 0.5) is 5.13 Å². The quantitative estimate of drug-likeness (QED) is 0.592. The summed E-state index contributed by atoms with van der Waals surface area (Å²) in [4.78, 5) is 31.0. The molecule has 2 heterocycles. The number of para-hydroxylation sites is 1. The number of ether oxygens (including phenoxy) is 1. The summed E-state index contributed by atoms with van der Waals surface area (Å²) >= 11 is 1.32. The van der Waals surface area contributed by atoms with Crippen LogP contribution in [0.2, 0.25) is 0 Å². The van der Waals surface area contributed by atoms with E-state index >= 15 is 0 Å². The van der Waals surface area contributed by atoms with Crippen LogP contribution in [0.5, 0.6) is 0 Å². The number of aromatic nitrogens is 2. The lowest BCUT2D eigenvalue weighted by atomic mass is 10.1. The van der Waals surface area contributed by atoms with Crippen molar-refractivity contribution < 1.29 is 14.3 Å². The van der Waals surface area contributed by atoms with Gasteiger partial charge in [-0.05, 0) is 31.4 Å². The van der Waals surface area contributed by atoms with E-state index in [2.05, 4.69) is 21.4 Å². The Morgan fingerprint density at radius 3 is 3.00 bits per heavy atom. The van der Waals surface area contributed by atoms with Crippen LogP contribution in [0.15, 0.2) is 35.8 Å². The highest BCUT2D eigenvalue weighted by molar-refractivity contribution is 7.13. The number of esters is 1. The van der Waals surface area contributed by atoms with Crippen LogP contribution in [0.3, 0.4) is 0 Å². The summed E-state index contributed by atoms with van der Waals surface area (Å²) in [7, 11) is 0. The first-order chi connectivity index (χ1) is 12.7. The molecule has 0 aliphatic carbocycles. The van der Waals surface area contributed by atoms with Gasteiger partial charge >= 0.3 is 5.97 Å². The number of H-pyrrole nitrogens is 1. The van der Waals surface area contributed by atoms with Crippen LogP contribution in [-0.2, 0) is 27.2 Å². The van der Waals surface area contributed by atoms with Gasteiger partial charge < -0.3 is 15.0 Å². The summed E-state index contributed by atoms with van der Waals surface area (Å²) in [6.45, 7) is 2.11. The Hall–Kier alpha value is -2.67. The fourth-order valence-electron chi connectivity index (χ4n) is 2.77. The second kappa shape index (κ2) is 8.62. The fourth-order valence-corrected chi connectivity index (χ4v) is 3.49. The van der Waals surface area contributed by atoms with E-state index in [0.29, 0.717) is 23.9 Å². The van der Waals surface area contributed by atoms with E-state index in [9.17, 15) is 9.59 Å². The molecule has 136 valence electrons. The third-order valence-corrected chi connectivity index (χ3v) is 4.76. The zero-order chi connectivity index (χ0) is 18.4. The number of nitrogens with zero attached hydrogens (tertiary/aromatic N) is 1. The van der Waals surface area contributed by atoms with Crippen molar-refractivity contribution in [1.29, 1.82) is 0 Å². The molecule has 3 aromatic rings. The number of fused-ring (bicyclic) bond motifs is 1. The molecule has 0 spiro atoms. The SMILES string of the molecule is CCOC(=O)Cc1csc(NC(=O)CCCc2c[nH]c3ccccc23)n1. The Morgan fingerprint density at radius 2 is 2.15 bits per heavy atom. The van der Waals surface area contributed by atoms with Crippen LogP contribution in [-0.4, -0.2) is 28.5 Å². The highest BCUT2D eigenvalue weighted by Gasteiger charge is 2.11. The average Bonchev–Trinajstić information content (AvgIpc) is 3.22. The molecule has 26 heavy (non-hydrogen) atoms. The van der Waals surface area contributed by atoms with Gasteiger partial charge in [0.2, 0.25) is 5.91 Å². The normalized spacial score (nSPS) is 10.8. The van der Waals surface area contributed by atoms with Crippen molar-refractivity contribution in [2.24, 2.45) is 0 Å². The minimum atomic E-state index is -0.311. The second-order valence-electron chi connectivity index (χ2n) is 5.89. The Labute approximate surface area is 155 Å². The van der Waals surface area contributed by atoms with Gasteiger partial charge in [0.15, 0.2) is 5.13 Å². The number of nitrogens with one attached hydrogen (secondary N) is 2. The molecule has 0 unspecified atom stereocenters. The number of aromatic amines is 1. The number of amides is 1. The maximum Gasteiger partial charge on any atom is 0.311 e. The molecule has 0 radical (unpaired) electrons. The molecule has 0 bridgehead atoms. The largest absolute Gasteiger partial charge is 0.466 e. The monoisotopic (exact) mass is 371 g/mol. The molecule has 1 amide bonds. The van der Waals surface area contributed by atoms with Gasteiger partial charge in [-0.3, -0.25) is 9.59 Å². The summed E-state index contributed by atoms with van der Waals surface area (Å²) in [5, 5.41) is 6.28. The lowest BCUT2D eigenvalue weighted by Crippen LogP contribution is -2.12. The Kier molecular flexibility index (Phi) is 6.01. The molecule has 0 atom stereocenters. The maximum atomic E-state index is 12.1. The molecule has 2 aromatic heterocycles. The van der Waals surface area contributed by atoms with E-state index in [1.807, 2.05) is 24.4 Å². The first-order valence-electron chi connectivity index (χ1n) is 8.60. The summed E-state index contributed by atoms with van der Waals surface area (Å²) in [6.07, 6.45) is 4.15. The van der Waals surface area contributed by atoms with Crippen LogP contribution < -0.4 is 5.32 Å². The molecule has 1 aromatic carbocycles. The fraction of sp³-hybridized carbons (Fsp3) is 0.316. The summed E-state index contributed by atoms with van der Waals surface area (Å²) < 4.78 is 4.89. The number of anilines is 1. The maximum absolute atomic E-state index is 12.1. The molecule has 0 saturated heterocycles. The third-order valence-electron chi connectivity index (χ3n) is 3.95. The van der Waals surface area contributed by atoms with E-state index in [4.69, 9.17) is 4.74 Å². The van der Waals surface area contributed by atoms with Gasteiger partial charge in [-0.1, -0.05) is 18.2 Å². The van der Waals surface area contributed by atoms with Gasteiger partial charge in [0, 0.05) is 28.9 Å². The molecular formula is C19H21N3O3S. The molecule has 0 aliphatic heterocycles. The van der Waals surface area contributed by atoms with Gasteiger partial charge in [0.25, 0.3) is 0 Å². The molecule has 0 saturated carbocycles. The van der Waals surface area contributed by atoms with Crippen molar-refractivity contribution in [1.82, 2.24) is 9.97 Å². The summed E-state index contributed by atoms with van der Waals surface area (Å²) in [6, 6.07) is 8.15. The molecule has 2 N–H and O–H groups in total. The van der Waals surface area contributed by atoms with Crippen molar-refractivity contribution in [3.8, 4) is 0 Å². The first-order valence-corrected chi connectivity index (χ1v) is 9.48. The Morgan fingerprint density at radius 1 is 1.31 bits per heavy atom. The summed E-state index contributed by atoms with van der Waals surface area (Å²) in [5.41, 5.74) is 2.95.